The van der Waals surface area contributed by atoms with Gasteiger partial charge in [-0.15, -0.1) is 0 Å². The second kappa shape index (κ2) is 11.8. The van der Waals surface area contributed by atoms with Crippen LogP contribution in [-0.2, 0) is 15.0 Å². The molecule has 0 radical (unpaired) electrons. The van der Waals surface area contributed by atoms with Gasteiger partial charge in [0.2, 0.25) is 5.91 Å². The van der Waals surface area contributed by atoms with Crippen LogP contribution in [0, 0.1) is 17.2 Å². The summed E-state index contributed by atoms with van der Waals surface area (Å²) in [5.41, 5.74) is -1.07. The van der Waals surface area contributed by atoms with Gasteiger partial charge < -0.3 is 20.7 Å². The van der Waals surface area contributed by atoms with Gasteiger partial charge in [-0.25, -0.2) is 4.39 Å². The molecule has 2 heterocycles. The van der Waals surface area contributed by atoms with Gasteiger partial charge in [0, 0.05) is 43.8 Å². The van der Waals surface area contributed by atoms with Crippen molar-refractivity contribution < 1.29 is 37.1 Å². The summed E-state index contributed by atoms with van der Waals surface area (Å²) in [4.78, 5) is 42.4. The van der Waals surface area contributed by atoms with Gasteiger partial charge in [0.05, 0.1) is 27.6 Å². The number of aliphatic carboxylic acids is 1. The van der Waals surface area contributed by atoms with E-state index < -0.39 is 41.5 Å². The Morgan fingerprint density at radius 2 is 1.73 bits per heavy atom. The molecule has 2 unspecified atom stereocenters. The average Bonchev–Trinajstić information content (AvgIpc) is 3.77. The molecule has 2 saturated heterocycles. The lowest BCUT2D eigenvalue weighted by atomic mass is 9.79. The first-order valence-corrected chi connectivity index (χ1v) is 15.7. The SMILES string of the molecule is N=C(C1=CCC(C(=O)O)CC1)C1=C(NC(=O)c2c(Cl)cccc2C2(C(F)(F)F)CC2)CC(C(=O)N2CC(N3CC(F)C3)C2)CC1. The van der Waals surface area contributed by atoms with Gasteiger partial charge in [0.25, 0.3) is 5.91 Å². The maximum absolute atomic E-state index is 14.1. The summed E-state index contributed by atoms with van der Waals surface area (Å²) in [5.74, 6) is -2.91. The number of alkyl halides is 4. The number of amides is 2. The Bertz CT molecular complexity index is 1490. The topological polar surface area (TPSA) is 114 Å². The highest BCUT2D eigenvalue weighted by atomic mass is 35.5. The molecule has 3 N–H and O–H groups in total. The van der Waals surface area contributed by atoms with E-state index in [1.165, 1.54) is 18.2 Å². The smallest absolute Gasteiger partial charge is 0.398 e. The number of nitrogens with one attached hydrogen (secondary N) is 2. The van der Waals surface area contributed by atoms with Gasteiger partial charge >= 0.3 is 12.1 Å². The zero-order valence-electron chi connectivity index (χ0n) is 24.6. The Morgan fingerprint density at radius 1 is 1.04 bits per heavy atom. The van der Waals surface area contributed by atoms with E-state index in [0.717, 1.165) is 0 Å². The first kappa shape index (κ1) is 31.7. The fourth-order valence-electron chi connectivity index (χ4n) is 7.10. The molecule has 1 aromatic carbocycles. The van der Waals surface area contributed by atoms with Crippen molar-refractivity contribution >= 4 is 35.1 Å². The Labute approximate surface area is 263 Å². The first-order chi connectivity index (χ1) is 21.3. The van der Waals surface area contributed by atoms with E-state index in [1.54, 1.807) is 11.0 Å². The molecule has 1 aromatic rings. The Kier molecular flexibility index (Phi) is 8.34. The molecule has 242 valence electrons. The van der Waals surface area contributed by atoms with Crippen molar-refractivity contribution in [3.8, 4) is 0 Å². The third-order valence-corrected chi connectivity index (χ3v) is 10.5. The number of nitrogens with zero attached hydrogens (tertiary/aromatic N) is 2. The molecule has 6 rings (SSSR count). The second-order valence-corrected chi connectivity index (χ2v) is 13.4. The number of benzene rings is 1. The molecule has 2 aliphatic heterocycles. The summed E-state index contributed by atoms with van der Waals surface area (Å²) in [6, 6.07) is 4.15. The molecule has 13 heteroatoms. The number of rotatable bonds is 8. The lowest BCUT2D eigenvalue weighted by Crippen LogP contribution is -2.67. The normalized spacial score (nSPS) is 25.6. The minimum absolute atomic E-state index is 0.0783. The minimum Gasteiger partial charge on any atom is -0.481 e. The van der Waals surface area contributed by atoms with Crippen LogP contribution in [0.4, 0.5) is 17.6 Å². The molecule has 45 heavy (non-hydrogen) atoms. The zero-order chi connectivity index (χ0) is 32.3. The van der Waals surface area contributed by atoms with Gasteiger partial charge in [-0.05, 0) is 74.1 Å². The van der Waals surface area contributed by atoms with E-state index in [1.807, 2.05) is 4.90 Å². The molecule has 3 aliphatic carbocycles. The monoisotopic (exact) mass is 650 g/mol. The molecule has 1 saturated carbocycles. The molecule has 2 atom stereocenters. The van der Waals surface area contributed by atoms with Crippen molar-refractivity contribution in [2.75, 3.05) is 26.2 Å². The van der Waals surface area contributed by atoms with Crippen molar-refractivity contribution in [3.63, 3.8) is 0 Å². The van der Waals surface area contributed by atoms with Crippen molar-refractivity contribution in [2.45, 2.75) is 75.2 Å². The van der Waals surface area contributed by atoms with Crippen LogP contribution in [0.2, 0.25) is 5.02 Å². The van der Waals surface area contributed by atoms with Crippen LogP contribution >= 0.6 is 11.6 Å². The third kappa shape index (κ3) is 5.91. The Morgan fingerprint density at radius 3 is 2.31 bits per heavy atom. The summed E-state index contributed by atoms with van der Waals surface area (Å²) in [7, 11) is 0. The van der Waals surface area contributed by atoms with Crippen molar-refractivity contribution in [3.05, 3.63) is 57.3 Å². The fraction of sp³-hybridized carbons (Fsp3) is 0.562. The standard InChI is InChI=1S/C32H35ClF4N4O4/c33-24-3-1-2-23(31(10-11-31)32(35,36)37)26(24)28(42)39-25-12-19(29(43)41-15-21(16-41)40-13-20(34)14-40)8-9-22(25)27(38)17-4-6-18(7-5-17)30(44)45/h1-4,18-21,38H,5-16H2,(H,39,42)(H,44,45). The highest BCUT2D eigenvalue weighted by molar-refractivity contribution is 6.34. The zero-order valence-corrected chi connectivity index (χ0v) is 25.3. The highest BCUT2D eigenvalue weighted by Crippen LogP contribution is 2.60. The van der Waals surface area contributed by atoms with Crippen molar-refractivity contribution in [2.24, 2.45) is 11.8 Å². The van der Waals surface area contributed by atoms with Crippen LogP contribution in [0.3, 0.4) is 0 Å². The number of halogens is 5. The number of likely N-dealkylation sites (tertiary alicyclic amines) is 2. The maximum Gasteiger partial charge on any atom is 0.398 e. The van der Waals surface area contributed by atoms with Gasteiger partial charge in [0.15, 0.2) is 0 Å². The predicted octanol–water partition coefficient (Wildman–Crippen LogP) is 5.41. The van der Waals surface area contributed by atoms with Gasteiger partial charge in [-0.1, -0.05) is 29.8 Å². The summed E-state index contributed by atoms with van der Waals surface area (Å²) < 4.78 is 55.7. The van der Waals surface area contributed by atoms with Crippen LogP contribution in [0.1, 0.15) is 67.3 Å². The fourth-order valence-corrected chi connectivity index (χ4v) is 7.36. The highest BCUT2D eigenvalue weighted by Gasteiger charge is 2.65. The second-order valence-electron chi connectivity index (χ2n) is 13.0. The number of carboxylic acids is 1. The molecule has 0 bridgehead atoms. The average molecular weight is 651 g/mol. The number of hydrogen-bond donors (Lipinski definition) is 3. The van der Waals surface area contributed by atoms with E-state index in [0.29, 0.717) is 62.3 Å². The summed E-state index contributed by atoms with van der Waals surface area (Å²) in [6.45, 7) is 1.69. The molecule has 2 amide bonds. The van der Waals surface area contributed by atoms with Crippen molar-refractivity contribution in [1.29, 1.82) is 5.41 Å². The van der Waals surface area contributed by atoms with Crippen LogP contribution in [0.15, 0.2) is 41.1 Å². The molecule has 0 spiro atoms. The van der Waals surface area contributed by atoms with Crippen LogP contribution in [0.25, 0.3) is 0 Å². The molecule has 8 nitrogen and oxygen atoms in total. The van der Waals surface area contributed by atoms with Gasteiger partial charge in [-0.2, -0.15) is 13.2 Å². The van der Waals surface area contributed by atoms with Crippen LogP contribution < -0.4 is 5.32 Å². The molecule has 3 fully saturated rings. The van der Waals surface area contributed by atoms with E-state index in [-0.39, 0.29) is 65.9 Å². The quantitative estimate of drug-likeness (QED) is 0.257. The van der Waals surface area contributed by atoms with Crippen LogP contribution in [0.5, 0.6) is 0 Å². The number of allylic oxidation sites excluding steroid dienone is 4. The van der Waals surface area contributed by atoms with Gasteiger partial charge in [0.1, 0.15) is 6.17 Å². The maximum atomic E-state index is 14.1. The first-order valence-electron chi connectivity index (χ1n) is 15.4. The number of carbonyl (C=O) groups is 3. The Balaban J connectivity index is 1.26. The molecular weight excluding hydrogens is 616 g/mol. The lowest BCUT2D eigenvalue weighted by molar-refractivity contribution is -0.160. The third-order valence-electron chi connectivity index (χ3n) is 10.2. The largest absolute Gasteiger partial charge is 0.481 e. The van der Waals surface area contributed by atoms with Gasteiger partial charge in [-0.3, -0.25) is 19.3 Å². The summed E-state index contributed by atoms with van der Waals surface area (Å²) >= 11 is 6.37. The number of hydrogen-bond acceptors (Lipinski definition) is 5. The molecule has 0 aromatic heterocycles. The van der Waals surface area contributed by atoms with Crippen molar-refractivity contribution in [1.82, 2.24) is 15.1 Å². The predicted molar refractivity (Wildman–Crippen MR) is 158 cm³/mol. The van der Waals surface area contributed by atoms with Crippen LogP contribution in [-0.4, -0.2) is 83.0 Å². The molecule has 5 aliphatic rings. The summed E-state index contributed by atoms with van der Waals surface area (Å²) in [6.07, 6.45) is -2.25. The number of carbonyl (C=O) groups excluding carboxylic acids is 2. The van der Waals surface area contributed by atoms with E-state index >= 15 is 0 Å². The molecular formula is C32H35ClF4N4O4. The Hall–Kier alpha value is -3.25. The van der Waals surface area contributed by atoms with E-state index in [4.69, 9.17) is 17.0 Å². The lowest BCUT2D eigenvalue weighted by Gasteiger charge is -2.50. The number of carboxylic acid groups (broad SMARTS) is 1. The van der Waals surface area contributed by atoms with E-state index in [9.17, 15) is 37.1 Å². The minimum atomic E-state index is -4.57. The van der Waals surface area contributed by atoms with E-state index in [2.05, 4.69) is 5.32 Å². The summed E-state index contributed by atoms with van der Waals surface area (Å²) in [5, 5.41) is 21.0.